The van der Waals surface area contributed by atoms with Gasteiger partial charge in [-0.2, -0.15) is 21.6 Å². The SMILES string of the molecule is CCOC(=O)C(O)c1c(C)cc2cc(Cl)ccc2c1OS(=O)(=O)C(F)(F)F. The van der Waals surface area contributed by atoms with Crippen LogP contribution >= 0.6 is 11.6 Å². The van der Waals surface area contributed by atoms with Crippen molar-refractivity contribution in [3.8, 4) is 5.75 Å². The Morgan fingerprint density at radius 3 is 2.48 bits per heavy atom. The lowest BCUT2D eigenvalue weighted by molar-refractivity contribution is -0.153. The van der Waals surface area contributed by atoms with E-state index in [1.165, 1.54) is 38.1 Å². The third-order valence-corrected chi connectivity index (χ3v) is 4.75. The lowest BCUT2D eigenvalue weighted by Crippen LogP contribution is -2.29. The highest BCUT2D eigenvalue weighted by Gasteiger charge is 2.49. The first kappa shape index (κ1) is 21.3. The van der Waals surface area contributed by atoms with Crippen molar-refractivity contribution in [2.45, 2.75) is 25.5 Å². The van der Waals surface area contributed by atoms with Crippen molar-refractivity contribution in [3.63, 3.8) is 0 Å². The van der Waals surface area contributed by atoms with Gasteiger partial charge in [0.15, 0.2) is 11.9 Å². The molecule has 0 heterocycles. The third kappa shape index (κ3) is 4.28. The van der Waals surface area contributed by atoms with Crippen LogP contribution in [0.4, 0.5) is 13.2 Å². The molecule has 1 unspecified atom stereocenters. The van der Waals surface area contributed by atoms with Gasteiger partial charge in [0.2, 0.25) is 0 Å². The second kappa shape index (κ2) is 7.53. The molecule has 0 spiro atoms. The Hall–Kier alpha value is -2.04. The highest BCUT2D eigenvalue weighted by atomic mass is 35.5. The highest BCUT2D eigenvalue weighted by molar-refractivity contribution is 7.88. The first-order chi connectivity index (χ1) is 12.4. The molecule has 0 aromatic heterocycles. The van der Waals surface area contributed by atoms with E-state index in [1.54, 1.807) is 0 Å². The fourth-order valence-corrected chi connectivity index (χ4v) is 3.09. The molecule has 0 amide bonds. The zero-order valence-corrected chi connectivity index (χ0v) is 15.6. The van der Waals surface area contributed by atoms with Crippen molar-refractivity contribution in [1.29, 1.82) is 0 Å². The number of carbonyl (C=O) groups excluding carboxylic acids is 1. The zero-order valence-electron chi connectivity index (χ0n) is 14.0. The molecule has 1 atom stereocenters. The number of fused-ring (bicyclic) bond motifs is 1. The van der Waals surface area contributed by atoms with E-state index in [0.29, 0.717) is 0 Å². The summed E-state index contributed by atoms with van der Waals surface area (Å²) < 4.78 is 70.5. The van der Waals surface area contributed by atoms with E-state index in [-0.39, 0.29) is 28.0 Å². The van der Waals surface area contributed by atoms with E-state index in [4.69, 9.17) is 11.6 Å². The van der Waals surface area contributed by atoms with E-state index in [2.05, 4.69) is 8.92 Å². The predicted octanol–water partition coefficient (Wildman–Crippen LogP) is 3.63. The van der Waals surface area contributed by atoms with E-state index < -0.39 is 39.0 Å². The summed E-state index contributed by atoms with van der Waals surface area (Å²) in [5.74, 6) is -1.98. The van der Waals surface area contributed by atoms with Crippen molar-refractivity contribution in [2.24, 2.45) is 0 Å². The second-order valence-electron chi connectivity index (χ2n) is 5.44. The lowest BCUT2D eigenvalue weighted by atomic mass is 9.96. The van der Waals surface area contributed by atoms with Gasteiger partial charge in [-0.25, -0.2) is 4.79 Å². The van der Waals surface area contributed by atoms with Gasteiger partial charge in [-0.1, -0.05) is 17.7 Å². The first-order valence-electron chi connectivity index (χ1n) is 7.47. The van der Waals surface area contributed by atoms with Gasteiger partial charge in [0, 0.05) is 16.0 Å². The van der Waals surface area contributed by atoms with Gasteiger partial charge in [-0.05, 0) is 43.0 Å². The average molecular weight is 427 g/mol. The summed E-state index contributed by atoms with van der Waals surface area (Å²) >= 11 is 5.86. The Balaban J connectivity index is 2.79. The molecule has 11 heteroatoms. The van der Waals surface area contributed by atoms with Gasteiger partial charge < -0.3 is 14.0 Å². The molecule has 0 saturated heterocycles. The fraction of sp³-hybridized carbons (Fsp3) is 0.312. The smallest absolute Gasteiger partial charge is 0.464 e. The van der Waals surface area contributed by atoms with Crippen LogP contribution in [0.15, 0.2) is 24.3 Å². The highest BCUT2D eigenvalue weighted by Crippen LogP contribution is 2.40. The maximum Gasteiger partial charge on any atom is 0.534 e. The number of halogens is 4. The van der Waals surface area contributed by atoms with E-state index in [0.717, 1.165) is 0 Å². The van der Waals surface area contributed by atoms with Crippen LogP contribution in [0.5, 0.6) is 5.75 Å². The number of aliphatic hydroxyl groups excluding tert-OH is 1. The minimum Gasteiger partial charge on any atom is -0.464 e. The normalized spacial score (nSPS) is 13.4. The summed E-state index contributed by atoms with van der Waals surface area (Å²) in [5.41, 5.74) is -6.05. The summed E-state index contributed by atoms with van der Waals surface area (Å²) in [6, 6.07) is 5.32. The Morgan fingerprint density at radius 2 is 1.93 bits per heavy atom. The summed E-state index contributed by atoms with van der Waals surface area (Å²) in [6.45, 7) is 2.73. The van der Waals surface area contributed by atoms with Crippen LogP contribution in [0.25, 0.3) is 10.8 Å². The molecule has 2 aromatic rings. The van der Waals surface area contributed by atoms with Crippen molar-refractivity contribution < 1.29 is 40.4 Å². The number of esters is 1. The number of rotatable bonds is 5. The van der Waals surface area contributed by atoms with Crippen LogP contribution in [-0.4, -0.2) is 31.6 Å². The largest absolute Gasteiger partial charge is 0.534 e. The Kier molecular flexibility index (Phi) is 5.93. The molecule has 0 saturated carbocycles. The molecule has 0 radical (unpaired) electrons. The summed E-state index contributed by atoms with van der Waals surface area (Å²) in [7, 11) is -6.06. The van der Waals surface area contributed by atoms with Gasteiger partial charge in [0.05, 0.1) is 6.61 Å². The van der Waals surface area contributed by atoms with Crippen molar-refractivity contribution in [2.75, 3.05) is 6.61 Å². The maximum absolute atomic E-state index is 12.8. The number of alkyl halides is 3. The number of hydrogen-bond donors (Lipinski definition) is 1. The quantitative estimate of drug-likeness (QED) is 0.446. The van der Waals surface area contributed by atoms with Crippen molar-refractivity contribution in [1.82, 2.24) is 0 Å². The number of benzene rings is 2. The standard InChI is InChI=1S/C16H14ClF3O6S/c1-3-25-15(22)13(21)12-8(2)6-9-7-10(17)4-5-11(9)14(12)26-27(23,24)16(18,19)20/h4-7,13,21H,3H2,1-2H3. The molecular weight excluding hydrogens is 413 g/mol. The Bertz CT molecular complexity index is 988. The number of ether oxygens (including phenoxy) is 1. The van der Waals surface area contributed by atoms with Crippen LogP contribution < -0.4 is 4.18 Å². The minimum atomic E-state index is -6.06. The topological polar surface area (TPSA) is 89.9 Å². The number of aryl methyl sites for hydroxylation is 1. The van der Waals surface area contributed by atoms with Gasteiger partial charge in [0.25, 0.3) is 0 Å². The van der Waals surface area contributed by atoms with E-state index in [1.807, 2.05) is 0 Å². The summed E-state index contributed by atoms with van der Waals surface area (Å²) in [6.07, 6.45) is -2.05. The van der Waals surface area contributed by atoms with Crippen molar-refractivity contribution in [3.05, 3.63) is 40.4 Å². The van der Waals surface area contributed by atoms with Crippen LogP contribution in [0.1, 0.15) is 24.2 Å². The fourth-order valence-electron chi connectivity index (χ4n) is 2.42. The van der Waals surface area contributed by atoms with Crippen LogP contribution in [0, 0.1) is 6.92 Å². The molecule has 0 aliphatic carbocycles. The molecule has 6 nitrogen and oxygen atoms in total. The molecule has 2 aromatic carbocycles. The summed E-state index contributed by atoms with van der Waals surface area (Å²) in [5, 5.41) is 10.6. The first-order valence-corrected chi connectivity index (χ1v) is 9.26. The van der Waals surface area contributed by atoms with Crippen LogP contribution in [0.2, 0.25) is 5.02 Å². The number of hydrogen-bond acceptors (Lipinski definition) is 6. The Morgan fingerprint density at radius 1 is 1.30 bits per heavy atom. The maximum atomic E-state index is 12.8. The monoisotopic (exact) mass is 426 g/mol. The lowest BCUT2D eigenvalue weighted by Gasteiger charge is -2.20. The average Bonchev–Trinajstić information content (AvgIpc) is 2.52. The molecule has 27 heavy (non-hydrogen) atoms. The molecule has 1 N–H and O–H groups in total. The van der Waals surface area contributed by atoms with E-state index in [9.17, 15) is 31.5 Å². The zero-order chi connectivity index (χ0) is 20.6. The third-order valence-electron chi connectivity index (χ3n) is 3.56. The minimum absolute atomic E-state index is 0.0869. The molecular formula is C16H14ClF3O6S. The predicted molar refractivity (Wildman–Crippen MR) is 90.9 cm³/mol. The van der Waals surface area contributed by atoms with Gasteiger partial charge in [-0.3, -0.25) is 0 Å². The molecule has 148 valence electrons. The van der Waals surface area contributed by atoms with Gasteiger partial charge in [0.1, 0.15) is 0 Å². The second-order valence-corrected chi connectivity index (χ2v) is 7.41. The van der Waals surface area contributed by atoms with Crippen LogP contribution in [0.3, 0.4) is 0 Å². The van der Waals surface area contributed by atoms with Crippen molar-refractivity contribution >= 4 is 38.5 Å². The Labute approximate surface area is 157 Å². The number of aliphatic hydroxyl groups is 1. The van der Waals surface area contributed by atoms with Crippen LogP contribution in [-0.2, 0) is 19.6 Å². The molecule has 2 rings (SSSR count). The number of carbonyl (C=O) groups is 1. The molecule has 0 aliphatic heterocycles. The molecule has 0 aliphatic rings. The van der Waals surface area contributed by atoms with Gasteiger partial charge in [-0.15, -0.1) is 0 Å². The molecule has 0 bridgehead atoms. The van der Waals surface area contributed by atoms with Gasteiger partial charge >= 0.3 is 21.6 Å². The molecule has 0 fully saturated rings. The summed E-state index contributed by atoms with van der Waals surface area (Å²) in [4.78, 5) is 11.9. The van der Waals surface area contributed by atoms with E-state index >= 15 is 0 Å².